The quantitative estimate of drug-likeness (QED) is 0.280. The molecule has 2 aromatic heterocycles. The second kappa shape index (κ2) is 9.17. The number of H-pyrrole nitrogens is 1. The predicted molar refractivity (Wildman–Crippen MR) is 126 cm³/mol. The highest BCUT2D eigenvalue weighted by Crippen LogP contribution is 2.37. The summed E-state index contributed by atoms with van der Waals surface area (Å²) in [5.74, 6) is -0.154. The third kappa shape index (κ3) is 4.94. The van der Waals surface area contributed by atoms with Crippen LogP contribution in [0.4, 0.5) is 0 Å². The molecule has 0 aliphatic carbocycles. The number of nitrogens with zero attached hydrogens (tertiary/aromatic N) is 3. The van der Waals surface area contributed by atoms with Gasteiger partial charge in [0, 0.05) is 25.0 Å². The fourth-order valence-corrected chi connectivity index (χ4v) is 4.54. The molecule has 0 fully saturated rings. The summed E-state index contributed by atoms with van der Waals surface area (Å²) in [7, 11) is -1.16. The minimum absolute atomic E-state index is 0.154. The number of hydrogen-bond donors (Lipinski definition) is 2. The van der Waals surface area contributed by atoms with Gasteiger partial charge in [0.15, 0.2) is 5.60 Å². The Bertz CT molecular complexity index is 1000. The Balaban J connectivity index is 1.92. The van der Waals surface area contributed by atoms with Gasteiger partial charge in [-0.05, 0) is 42.5 Å². The fourth-order valence-electron chi connectivity index (χ4n) is 3.34. The number of rotatable bonds is 9. The Labute approximate surface area is 183 Å². The van der Waals surface area contributed by atoms with Crippen molar-refractivity contribution in [3.63, 3.8) is 0 Å². The molecule has 1 aromatic carbocycles. The Morgan fingerprint density at radius 2 is 1.93 bits per heavy atom. The Kier molecular flexibility index (Phi) is 7.01. The van der Waals surface area contributed by atoms with E-state index in [9.17, 15) is 5.11 Å². The first-order valence-electron chi connectivity index (χ1n) is 10.3. The number of hydrogen-bond acceptors (Lipinski definition) is 6. The molecule has 6 nitrogen and oxygen atoms in total. The first-order valence-corrected chi connectivity index (χ1v) is 15.2. The van der Waals surface area contributed by atoms with Crippen LogP contribution in [0.15, 0.2) is 35.2 Å². The topological polar surface area (TPSA) is 83.9 Å². The van der Waals surface area contributed by atoms with E-state index >= 15 is 0 Å². The summed E-state index contributed by atoms with van der Waals surface area (Å²) in [5.41, 5.74) is 1.16. The van der Waals surface area contributed by atoms with Crippen molar-refractivity contribution in [2.24, 2.45) is 5.92 Å². The zero-order chi connectivity index (χ0) is 21.9. The number of benzene rings is 1. The molecule has 0 aliphatic heterocycles. The molecule has 0 bridgehead atoms. The van der Waals surface area contributed by atoms with Crippen molar-refractivity contribution in [1.82, 2.24) is 20.4 Å². The van der Waals surface area contributed by atoms with E-state index in [-0.39, 0.29) is 5.92 Å². The van der Waals surface area contributed by atoms with E-state index in [2.05, 4.69) is 47.4 Å². The number of aliphatic hydroxyl groups is 1. The average Bonchev–Trinajstić information content (AvgIpc) is 3.18. The highest BCUT2D eigenvalue weighted by atomic mass is 32.2. The van der Waals surface area contributed by atoms with E-state index in [4.69, 9.17) is 9.72 Å². The van der Waals surface area contributed by atoms with E-state index in [1.807, 2.05) is 38.1 Å². The van der Waals surface area contributed by atoms with Gasteiger partial charge < -0.3 is 9.84 Å². The van der Waals surface area contributed by atoms with Gasteiger partial charge in [-0.25, -0.2) is 4.98 Å². The van der Waals surface area contributed by atoms with Gasteiger partial charge in [-0.3, -0.25) is 0 Å². The molecule has 0 aliphatic rings. The highest BCUT2D eigenvalue weighted by molar-refractivity contribution is 7.98. The lowest BCUT2D eigenvalue weighted by molar-refractivity contribution is 0.0202. The summed E-state index contributed by atoms with van der Waals surface area (Å²) in [5, 5.41) is 24.1. The summed E-state index contributed by atoms with van der Waals surface area (Å²) in [6, 6.07) is 11.1. The van der Waals surface area contributed by atoms with Crippen LogP contribution in [-0.2, 0) is 16.9 Å². The molecule has 0 spiro atoms. The van der Waals surface area contributed by atoms with Crippen molar-refractivity contribution in [1.29, 1.82) is 0 Å². The number of aromatic amines is 1. The van der Waals surface area contributed by atoms with Crippen LogP contribution in [0.3, 0.4) is 0 Å². The van der Waals surface area contributed by atoms with Crippen molar-refractivity contribution in [3.05, 3.63) is 47.4 Å². The van der Waals surface area contributed by atoms with Gasteiger partial charge >= 0.3 is 0 Å². The molecule has 0 radical (unpaired) electrons. The average molecular weight is 445 g/mol. The summed E-state index contributed by atoms with van der Waals surface area (Å²) in [6.07, 6.45) is 2.05. The molecule has 8 heteroatoms. The number of aromatic nitrogens is 4. The van der Waals surface area contributed by atoms with E-state index in [1.54, 1.807) is 11.8 Å². The Morgan fingerprint density at radius 1 is 1.17 bits per heavy atom. The van der Waals surface area contributed by atoms with Gasteiger partial charge in [-0.15, -0.1) is 11.8 Å². The highest BCUT2D eigenvalue weighted by Gasteiger charge is 2.41. The molecule has 0 saturated carbocycles. The Morgan fingerprint density at radius 3 is 2.60 bits per heavy atom. The molecule has 0 amide bonds. The molecule has 2 N–H and O–H groups in total. The van der Waals surface area contributed by atoms with Gasteiger partial charge in [0.05, 0.1) is 17.8 Å². The lowest BCUT2D eigenvalue weighted by Gasteiger charge is -2.30. The molecule has 2 heterocycles. The molecule has 3 aromatic rings. The van der Waals surface area contributed by atoms with E-state index in [0.29, 0.717) is 30.3 Å². The number of nitrogens with one attached hydrogen (secondary N) is 1. The van der Waals surface area contributed by atoms with Crippen molar-refractivity contribution < 1.29 is 9.84 Å². The van der Waals surface area contributed by atoms with Crippen LogP contribution in [-0.4, -0.2) is 46.4 Å². The summed E-state index contributed by atoms with van der Waals surface area (Å²) in [4.78, 5) is 5.98. The van der Waals surface area contributed by atoms with E-state index < -0.39 is 13.7 Å². The monoisotopic (exact) mass is 444 g/mol. The molecule has 3 rings (SSSR count). The number of ether oxygens (including phenoxy) is 1. The molecule has 162 valence electrons. The first-order chi connectivity index (χ1) is 14.1. The van der Waals surface area contributed by atoms with Crippen molar-refractivity contribution in [3.8, 4) is 0 Å². The summed E-state index contributed by atoms with van der Waals surface area (Å²) < 4.78 is 5.88. The molecular formula is C22H32N4O2SSi. The van der Waals surface area contributed by atoms with Gasteiger partial charge in [-0.1, -0.05) is 39.6 Å². The van der Waals surface area contributed by atoms with Crippen LogP contribution in [0, 0.1) is 5.92 Å². The lowest BCUT2D eigenvalue weighted by atomic mass is 9.82. The van der Waals surface area contributed by atoms with Gasteiger partial charge in [-0.2, -0.15) is 15.4 Å². The van der Waals surface area contributed by atoms with Gasteiger partial charge in [0.2, 0.25) is 0 Å². The summed E-state index contributed by atoms with van der Waals surface area (Å²) >= 11 is 1.70. The molecule has 30 heavy (non-hydrogen) atoms. The maximum absolute atomic E-state index is 11.8. The van der Waals surface area contributed by atoms with Crippen molar-refractivity contribution in [2.75, 3.05) is 12.9 Å². The zero-order valence-electron chi connectivity index (χ0n) is 18.7. The molecule has 1 unspecified atom stereocenters. The standard InChI is InChI=1S/C22H32N4O2SSi/c1-15(2)22(27,20-10-7-16-13-17(29-3)8-9-18(16)23-20)21-19(24-26-25-21)14-28-11-12-30(4,5)6/h7-10,13,15,27H,11-12,14H2,1-6H3,(H,24,25,26). The minimum atomic E-state index is -1.36. The predicted octanol–water partition coefficient (Wildman–Crippen LogP) is 4.82. The normalized spacial score (nSPS) is 14.4. The van der Waals surface area contributed by atoms with Crippen molar-refractivity contribution in [2.45, 2.75) is 56.6 Å². The first kappa shape index (κ1) is 22.9. The van der Waals surface area contributed by atoms with Crippen LogP contribution in [0.5, 0.6) is 0 Å². The van der Waals surface area contributed by atoms with Crippen LogP contribution < -0.4 is 0 Å². The molecule has 0 saturated heterocycles. The number of pyridine rings is 1. The van der Waals surface area contributed by atoms with Gasteiger partial charge in [0.25, 0.3) is 0 Å². The third-order valence-corrected chi connectivity index (χ3v) is 7.77. The minimum Gasteiger partial charge on any atom is -0.377 e. The maximum atomic E-state index is 11.8. The number of thioether (sulfide) groups is 1. The maximum Gasteiger partial charge on any atom is 0.154 e. The lowest BCUT2D eigenvalue weighted by Crippen LogP contribution is -2.36. The van der Waals surface area contributed by atoms with Crippen LogP contribution in [0.2, 0.25) is 25.7 Å². The molecular weight excluding hydrogens is 412 g/mol. The van der Waals surface area contributed by atoms with Gasteiger partial charge in [0.1, 0.15) is 11.4 Å². The van der Waals surface area contributed by atoms with E-state index in [0.717, 1.165) is 16.9 Å². The third-order valence-electron chi connectivity index (χ3n) is 5.34. The van der Waals surface area contributed by atoms with Crippen LogP contribution in [0.25, 0.3) is 10.9 Å². The SMILES string of the molecule is CSc1ccc2nc(C(O)(c3n[nH]nc3COCC[Si](C)(C)C)C(C)C)ccc2c1. The Hall–Kier alpha value is -1.74. The number of fused-ring (bicyclic) bond motifs is 1. The molecule has 1 atom stereocenters. The van der Waals surface area contributed by atoms with Crippen LogP contribution in [0.1, 0.15) is 30.9 Å². The second-order valence-corrected chi connectivity index (χ2v) is 15.7. The second-order valence-electron chi connectivity index (χ2n) is 9.16. The van der Waals surface area contributed by atoms with E-state index in [1.165, 1.54) is 4.90 Å². The fraction of sp³-hybridized carbons (Fsp3) is 0.500. The summed E-state index contributed by atoms with van der Waals surface area (Å²) in [6.45, 7) is 11.9. The smallest absolute Gasteiger partial charge is 0.154 e. The van der Waals surface area contributed by atoms with Crippen molar-refractivity contribution >= 4 is 30.7 Å². The largest absolute Gasteiger partial charge is 0.377 e. The zero-order valence-corrected chi connectivity index (χ0v) is 20.5. The van der Waals surface area contributed by atoms with Crippen LogP contribution >= 0.6 is 11.8 Å².